The molecule has 0 spiro atoms. The molecule has 1 amide bonds. The number of nitrogens with one attached hydrogen (secondary N) is 1. The van der Waals surface area contributed by atoms with E-state index in [2.05, 4.69) is 10.3 Å². The highest BCUT2D eigenvalue weighted by atomic mass is 16.5. The molecule has 6 nitrogen and oxygen atoms in total. The van der Waals surface area contributed by atoms with Crippen molar-refractivity contribution in [1.82, 2.24) is 5.16 Å². The number of rotatable bonds is 2. The van der Waals surface area contributed by atoms with Crippen molar-refractivity contribution in [2.45, 2.75) is 13.8 Å². The Morgan fingerprint density at radius 1 is 1.19 bits per heavy atom. The lowest BCUT2D eigenvalue weighted by atomic mass is 10.1. The summed E-state index contributed by atoms with van der Waals surface area (Å²) < 4.78 is 4.70. The van der Waals surface area contributed by atoms with E-state index in [4.69, 9.17) is 4.52 Å². The summed E-state index contributed by atoms with van der Waals surface area (Å²) in [5.41, 5.74) is 2.04. The summed E-state index contributed by atoms with van der Waals surface area (Å²) in [6, 6.07) is 9.13. The van der Waals surface area contributed by atoms with E-state index in [0.717, 1.165) is 0 Å². The highest BCUT2D eigenvalue weighted by molar-refractivity contribution is 6.32. The highest BCUT2D eigenvalue weighted by Crippen LogP contribution is 2.24. The first-order chi connectivity index (χ1) is 10.1. The van der Waals surface area contributed by atoms with E-state index in [1.807, 2.05) is 18.2 Å². The van der Waals surface area contributed by atoms with Gasteiger partial charge in [0.05, 0.1) is 28.2 Å². The average Bonchev–Trinajstić information content (AvgIpc) is 2.95. The Balaban J connectivity index is 2.02. The second-order valence-electron chi connectivity index (χ2n) is 4.73. The highest BCUT2D eigenvalue weighted by Gasteiger charge is 2.29. The van der Waals surface area contributed by atoms with Crippen LogP contribution < -0.4 is 10.6 Å². The fourth-order valence-corrected chi connectivity index (χ4v) is 2.13. The van der Waals surface area contributed by atoms with Gasteiger partial charge in [-0.1, -0.05) is 18.2 Å². The number of anilines is 1. The van der Waals surface area contributed by atoms with Crippen LogP contribution in [0.15, 0.2) is 50.3 Å². The van der Waals surface area contributed by atoms with Gasteiger partial charge in [-0.3, -0.25) is 4.79 Å². The molecule has 0 saturated carbocycles. The van der Waals surface area contributed by atoms with Crippen molar-refractivity contribution in [3.63, 3.8) is 0 Å². The van der Waals surface area contributed by atoms with Gasteiger partial charge in [0.2, 0.25) is 0 Å². The number of H-pyrrole nitrogens is 1. The third kappa shape index (κ3) is 2.20. The maximum atomic E-state index is 12.5. The van der Waals surface area contributed by atoms with Gasteiger partial charge in [-0.2, -0.15) is 10.1 Å². The number of para-hydroxylation sites is 1. The number of hydrazone groups is 1. The normalized spacial score (nSPS) is 16.7. The molecular weight excluding hydrogens is 270 g/mol. The van der Waals surface area contributed by atoms with Crippen LogP contribution >= 0.6 is 0 Å². The van der Waals surface area contributed by atoms with Crippen LogP contribution in [0.2, 0.25) is 0 Å². The molecule has 0 fully saturated rings. The third-order valence-corrected chi connectivity index (χ3v) is 3.27. The number of aromatic nitrogens is 1. The minimum absolute atomic E-state index is 0.265. The summed E-state index contributed by atoms with van der Waals surface area (Å²) in [7, 11) is 0. The second-order valence-corrected chi connectivity index (χ2v) is 4.73. The van der Waals surface area contributed by atoms with Crippen LogP contribution in [0.1, 0.15) is 18.2 Å². The van der Waals surface area contributed by atoms with Crippen LogP contribution in [0.4, 0.5) is 5.69 Å². The number of amides is 1. The van der Waals surface area contributed by atoms with Crippen LogP contribution in [0, 0.1) is 6.92 Å². The fourth-order valence-electron chi connectivity index (χ4n) is 2.13. The summed E-state index contributed by atoms with van der Waals surface area (Å²) in [6.45, 7) is 3.44. The summed E-state index contributed by atoms with van der Waals surface area (Å²) in [5.74, 6) is -0.265. The molecule has 1 aliphatic rings. The third-order valence-electron chi connectivity index (χ3n) is 3.27. The van der Waals surface area contributed by atoms with Crippen molar-refractivity contribution >= 4 is 23.4 Å². The van der Waals surface area contributed by atoms with Crippen molar-refractivity contribution in [2.75, 3.05) is 5.01 Å². The van der Waals surface area contributed by atoms with E-state index < -0.39 is 5.63 Å². The van der Waals surface area contributed by atoms with Crippen molar-refractivity contribution < 1.29 is 9.32 Å². The minimum atomic E-state index is -0.501. The Morgan fingerprint density at radius 2 is 1.90 bits per heavy atom. The van der Waals surface area contributed by atoms with Crippen LogP contribution in [0.5, 0.6) is 0 Å². The van der Waals surface area contributed by atoms with Gasteiger partial charge in [-0.05, 0) is 32.1 Å². The maximum absolute atomic E-state index is 12.5. The molecule has 2 aromatic rings. The molecule has 0 saturated heterocycles. The number of hydrogen-bond acceptors (Lipinski definition) is 4. The number of carbonyl (C=O) groups is 1. The topological polar surface area (TPSA) is 78.7 Å². The van der Waals surface area contributed by atoms with Gasteiger partial charge in [-0.25, -0.2) is 9.95 Å². The molecule has 106 valence electrons. The Kier molecular flexibility index (Phi) is 3.06. The van der Waals surface area contributed by atoms with Crippen molar-refractivity contribution in [2.24, 2.45) is 5.10 Å². The zero-order valence-electron chi connectivity index (χ0n) is 11.6. The van der Waals surface area contributed by atoms with E-state index in [0.29, 0.717) is 28.2 Å². The van der Waals surface area contributed by atoms with E-state index in [-0.39, 0.29) is 5.91 Å². The number of aromatic amines is 1. The minimum Gasteiger partial charge on any atom is -0.338 e. The number of benzene rings is 1. The molecule has 0 unspecified atom stereocenters. The average molecular weight is 283 g/mol. The standard InChI is InChI=1S/C15H13N3O3/c1-9-12(8-13-10(2)17-21-15(13)20)14(19)18(16-9)11-6-4-3-5-7-11/h3-8,17H,1-2H3/b12-8+. The monoisotopic (exact) mass is 283 g/mol. The van der Waals surface area contributed by atoms with Gasteiger partial charge in [0.1, 0.15) is 0 Å². The summed E-state index contributed by atoms with van der Waals surface area (Å²) in [5, 5.41) is 8.06. The Hall–Kier alpha value is -2.89. The second kappa shape index (κ2) is 4.90. The zero-order valence-corrected chi connectivity index (χ0v) is 11.6. The lowest BCUT2D eigenvalue weighted by Crippen LogP contribution is -2.21. The van der Waals surface area contributed by atoms with Gasteiger partial charge in [0.25, 0.3) is 5.91 Å². The SMILES string of the molecule is CC1=NN(c2ccccc2)C(=O)/C1=C/c1c(C)[nH]oc1=O. The molecule has 6 heteroatoms. The van der Waals surface area contributed by atoms with Crippen molar-refractivity contribution in [3.8, 4) is 0 Å². The van der Waals surface area contributed by atoms with Gasteiger partial charge >= 0.3 is 5.63 Å². The van der Waals surface area contributed by atoms with Gasteiger partial charge in [0.15, 0.2) is 0 Å². The molecule has 1 aromatic carbocycles. The maximum Gasteiger partial charge on any atom is 0.364 e. The van der Waals surface area contributed by atoms with E-state index in [1.165, 1.54) is 11.1 Å². The molecule has 1 aliphatic heterocycles. The quantitative estimate of drug-likeness (QED) is 0.857. The Labute approximate surface area is 120 Å². The van der Waals surface area contributed by atoms with Crippen LogP contribution in [-0.2, 0) is 4.79 Å². The lowest BCUT2D eigenvalue weighted by Gasteiger charge is -2.10. The van der Waals surface area contributed by atoms with E-state index in [1.54, 1.807) is 26.0 Å². The molecule has 2 heterocycles. The molecule has 0 bridgehead atoms. The summed E-state index contributed by atoms with van der Waals surface area (Å²) in [6.07, 6.45) is 1.52. The largest absolute Gasteiger partial charge is 0.364 e. The number of aryl methyl sites for hydroxylation is 1. The first kappa shape index (κ1) is 13.1. The fraction of sp³-hybridized carbons (Fsp3) is 0.133. The zero-order chi connectivity index (χ0) is 15.0. The first-order valence-corrected chi connectivity index (χ1v) is 6.43. The van der Waals surface area contributed by atoms with Crippen LogP contribution in [0.3, 0.4) is 0 Å². The molecule has 3 rings (SSSR count). The van der Waals surface area contributed by atoms with Crippen molar-refractivity contribution in [1.29, 1.82) is 0 Å². The Morgan fingerprint density at radius 3 is 2.52 bits per heavy atom. The van der Waals surface area contributed by atoms with Gasteiger partial charge < -0.3 is 4.52 Å². The van der Waals surface area contributed by atoms with Crippen molar-refractivity contribution in [3.05, 3.63) is 57.6 Å². The number of carbonyl (C=O) groups excluding carboxylic acids is 1. The smallest absolute Gasteiger partial charge is 0.338 e. The predicted molar refractivity (Wildman–Crippen MR) is 79.1 cm³/mol. The first-order valence-electron chi connectivity index (χ1n) is 6.43. The van der Waals surface area contributed by atoms with E-state index in [9.17, 15) is 9.59 Å². The molecule has 0 aliphatic carbocycles. The van der Waals surface area contributed by atoms with Crippen LogP contribution in [-0.4, -0.2) is 16.8 Å². The number of hydrogen-bond donors (Lipinski definition) is 1. The van der Waals surface area contributed by atoms with Gasteiger partial charge in [-0.15, -0.1) is 0 Å². The molecular formula is C15H13N3O3. The van der Waals surface area contributed by atoms with Crippen LogP contribution in [0.25, 0.3) is 6.08 Å². The Bertz CT molecular complexity index is 812. The molecule has 1 N–H and O–H groups in total. The summed E-state index contributed by atoms with van der Waals surface area (Å²) >= 11 is 0. The van der Waals surface area contributed by atoms with E-state index >= 15 is 0 Å². The lowest BCUT2D eigenvalue weighted by molar-refractivity contribution is -0.114. The molecule has 0 atom stereocenters. The molecule has 1 aromatic heterocycles. The predicted octanol–water partition coefficient (Wildman–Crippen LogP) is 2.08. The number of nitrogens with zero attached hydrogens (tertiary/aromatic N) is 2. The molecule has 21 heavy (non-hydrogen) atoms. The van der Waals surface area contributed by atoms with Gasteiger partial charge in [0, 0.05) is 0 Å². The molecule has 0 radical (unpaired) electrons. The summed E-state index contributed by atoms with van der Waals surface area (Å²) in [4.78, 5) is 24.1.